The van der Waals surface area contributed by atoms with Gasteiger partial charge in [0.2, 0.25) is 0 Å². The Hall–Kier alpha value is -1.55. The van der Waals surface area contributed by atoms with Crippen LogP contribution in [0.1, 0.15) is 18.6 Å². The number of hydrogen-bond donors (Lipinski definition) is 1. The van der Waals surface area contributed by atoms with Crippen LogP contribution >= 0.6 is 0 Å². The first-order chi connectivity index (χ1) is 7.24. The lowest BCUT2D eigenvalue weighted by molar-refractivity contribution is -0.00348. The van der Waals surface area contributed by atoms with E-state index in [9.17, 15) is 4.79 Å². The van der Waals surface area contributed by atoms with Crippen LogP contribution in [0.25, 0.3) is 0 Å². The van der Waals surface area contributed by atoms with Crippen molar-refractivity contribution in [2.75, 3.05) is 13.2 Å². The molecule has 15 heavy (non-hydrogen) atoms. The van der Waals surface area contributed by atoms with Gasteiger partial charge in [-0.15, -0.1) is 0 Å². The summed E-state index contributed by atoms with van der Waals surface area (Å²) in [5.41, 5.74) is 0.917. The Morgan fingerprint density at radius 3 is 2.60 bits per heavy atom. The fourth-order valence-electron chi connectivity index (χ4n) is 1.26. The minimum absolute atomic E-state index is 0.0210. The second kappa shape index (κ2) is 6.03. The van der Waals surface area contributed by atoms with Crippen molar-refractivity contribution < 1.29 is 19.4 Å². The van der Waals surface area contributed by atoms with Gasteiger partial charge in [0.15, 0.2) is 0 Å². The predicted octanol–water partition coefficient (Wildman–Crippen LogP) is 2.46. The second-order valence-corrected chi connectivity index (χ2v) is 2.93. The Morgan fingerprint density at radius 2 is 2.07 bits per heavy atom. The van der Waals surface area contributed by atoms with Crippen molar-refractivity contribution >= 4 is 6.16 Å². The van der Waals surface area contributed by atoms with E-state index in [2.05, 4.69) is 4.74 Å². The Morgan fingerprint density at radius 1 is 1.40 bits per heavy atom. The van der Waals surface area contributed by atoms with Gasteiger partial charge in [0.1, 0.15) is 12.7 Å². The summed E-state index contributed by atoms with van der Waals surface area (Å²) >= 11 is 0. The normalized spacial score (nSPS) is 12.1. The van der Waals surface area contributed by atoms with E-state index in [0.29, 0.717) is 6.61 Å². The molecule has 0 fully saturated rings. The van der Waals surface area contributed by atoms with Gasteiger partial charge >= 0.3 is 6.16 Å². The highest BCUT2D eigenvalue weighted by Gasteiger charge is 2.13. The maximum absolute atomic E-state index is 10.3. The highest BCUT2D eigenvalue weighted by atomic mass is 16.7. The molecule has 0 heterocycles. The number of carboxylic acid groups (broad SMARTS) is 1. The monoisotopic (exact) mass is 210 g/mol. The third-order valence-electron chi connectivity index (χ3n) is 1.90. The third-order valence-corrected chi connectivity index (χ3v) is 1.90. The molecule has 1 atom stereocenters. The molecule has 4 heteroatoms. The minimum Gasteiger partial charge on any atom is -0.450 e. The number of ether oxygens (including phenoxy) is 2. The van der Waals surface area contributed by atoms with Crippen molar-refractivity contribution in [2.24, 2.45) is 0 Å². The van der Waals surface area contributed by atoms with E-state index < -0.39 is 6.16 Å². The van der Waals surface area contributed by atoms with Gasteiger partial charge in [-0.3, -0.25) is 0 Å². The molecule has 82 valence electrons. The summed E-state index contributed by atoms with van der Waals surface area (Å²) in [5.74, 6) is 0. The second-order valence-electron chi connectivity index (χ2n) is 2.93. The highest BCUT2D eigenvalue weighted by molar-refractivity contribution is 5.56. The minimum atomic E-state index is -1.28. The zero-order valence-corrected chi connectivity index (χ0v) is 8.55. The fraction of sp³-hybridized carbons (Fsp3) is 0.364. The Balaban J connectivity index is 2.61. The van der Waals surface area contributed by atoms with Gasteiger partial charge in [0.05, 0.1) is 0 Å². The quantitative estimate of drug-likeness (QED) is 0.758. The van der Waals surface area contributed by atoms with Gasteiger partial charge in [-0.1, -0.05) is 30.3 Å². The molecule has 1 rings (SSSR count). The van der Waals surface area contributed by atoms with E-state index in [1.54, 1.807) is 0 Å². The van der Waals surface area contributed by atoms with E-state index in [1.165, 1.54) is 0 Å². The average molecular weight is 210 g/mol. The van der Waals surface area contributed by atoms with Gasteiger partial charge in [-0.05, 0) is 12.5 Å². The summed E-state index contributed by atoms with van der Waals surface area (Å²) in [4.78, 5) is 10.3. The zero-order chi connectivity index (χ0) is 11.1. The van der Waals surface area contributed by atoms with Crippen LogP contribution in [-0.2, 0) is 9.47 Å². The van der Waals surface area contributed by atoms with Crippen molar-refractivity contribution in [2.45, 2.75) is 13.0 Å². The molecule has 0 aliphatic rings. The summed E-state index contributed by atoms with van der Waals surface area (Å²) in [5, 5.41) is 8.40. The van der Waals surface area contributed by atoms with E-state index in [0.717, 1.165) is 5.56 Å². The summed E-state index contributed by atoms with van der Waals surface area (Å²) in [6.45, 7) is 2.40. The maximum atomic E-state index is 10.3. The first-order valence-corrected chi connectivity index (χ1v) is 4.76. The lowest BCUT2D eigenvalue weighted by Gasteiger charge is -2.16. The predicted molar refractivity (Wildman–Crippen MR) is 54.8 cm³/mol. The van der Waals surface area contributed by atoms with Crippen molar-refractivity contribution in [1.82, 2.24) is 0 Å². The van der Waals surface area contributed by atoms with Crippen LogP contribution in [0.5, 0.6) is 0 Å². The van der Waals surface area contributed by atoms with Crippen LogP contribution in [0.4, 0.5) is 4.79 Å². The SMILES string of the molecule is CCOC(COC(=O)O)c1ccccc1. The van der Waals surface area contributed by atoms with Crippen molar-refractivity contribution in [3.63, 3.8) is 0 Å². The average Bonchev–Trinajstić information content (AvgIpc) is 2.25. The van der Waals surface area contributed by atoms with Gasteiger partial charge in [0.25, 0.3) is 0 Å². The lowest BCUT2D eigenvalue weighted by atomic mass is 10.1. The van der Waals surface area contributed by atoms with Crippen LogP contribution in [-0.4, -0.2) is 24.5 Å². The summed E-state index contributed by atoms with van der Waals surface area (Å²) in [6.07, 6.45) is -1.61. The Labute approximate surface area is 88.4 Å². The van der Waals surface area contributed by atoms with Crippen molar-refractivity contribution in [1.29, 1.82) is 0 Å². The summed E-state index contributed by atoms with van der Waals surface area (Å²) in [6, 6.07) is 9.41. The zero-order valence-electron chi connectivity index (χ0n) is 8.55. The smallest absolute Gasteiger partial charge is 0.450 e. The molecule has 1 N–H and O–H groups in total. The molecule has 0 saturated carbocycles. The van der Waals surface area contributed by atoms with Gasteiger partial charge < -0.3 is 14.6 Å². The van der Waals surface area contributed by atoms with E-state index >= 15 is 0 Å². The summed E-state index contributed by atoms with van der Waals surface area (Å²) < 4.78 is 9.89. The van der Waals surface area contributed by atoms with E-state index in [4.69, 9.17) is 9.84 Å². The van der Waals surface area contributed by atoms with Crippen molar-refractivity contribution in [3.8, 4) is 0 Å². The molecule has 0 saturated heterocycles. The Bertz CT molecular complexity index is 297. The van der Waals surface area contributed by atoms with Crippen LogP contribution in [0.3, 0.4) is 0 Å². The molecule has 0 aliphatic carbocycles. The maximum Gasteiger partial charge on any atom is 0.505 e. The molecule has 1 aromatic carbocycles. The van der Waals surface area contributed by atoms with Crippen LogP contribution in [0, 0.1) is 0 Å². The third kappa shape index (κ3) is 3.99. The molecule has 0 aliphatic heterocycles. The molecular formula is C11H14O4. The number of hydrogen-bond acceptors (Lipinski definition) is 3. The Kier molecular flexibility index (Phi) is 4.63. The first kappa shape index (κ1) is 11.5. The van der Waals surface area contributed by atoms with E-state index in [1.807, 2.05) is 37.3 Å². The number of carbonyl (C=O) groups is 1. The van der Waals surface area contributed by atoms with Gasteiger partial charge in [0, 0.05) is 6.61 Å². The molecular weight excluding hydrogens is 196 g/mol. The number of benzene rings is 1. The standard InChI is InChI=1S/C11H14O4/c1-2-14-10(8-15-11(12)13)9-6-4-3-5-7-9/h3-7,10H,2,8H2,1H3,(H,12,13). The molecule has 4 nitrogen and oxygen atoms in total. The summed E-state index contributed by atoms with van der Waals surface area (Å²) in [7, 11) is 0. The molecule has 1 unspecified atom stereocenters. The van der Waals surface area contributed by atoms with Crippen molar-refractivity contribution in [3.05, 3.63) is 35.9 Å². The van der Waals surface area contributed by atoms with Crippen LogP contribution < -0.4 is 0 Å². The first-order valence-electron chi connectivity index (χ1n) is 4.76. The fourth-order valence-corrected chi connectivity index (χ4v) is 1.26. The molecule has 0 amide bonds. The molecule has 0 spiro atoms. The van der Waals surface area contributed by atoms with Gasteiger partial charge in [-0.25, -0.2) is 4.79 Å². The lowest BCUT2D eigenvalue weighted by Crippen LogP contribution is -2.14. The largest absolute Gasteiger partial charge is 0.505 e. The van der Waals surface area contributed by atoms with E-state index in [-0.39, 0.29) is 12.7 Å². The van der Waals surface area contributed by atoms with Crippen LogP contribution in [0.15, 0.2) is 30.3 Å². The molecule has 0 bridgehead atoms. The topological polar surface area (TPSA) is 55.8 Å². The molecule has 0 aromatic heterocycles. The molecule has 1 aromatic rings. The van der Waals surface area contributed by atoms with Gasteiger partial charge in [-0.2, -0.15) is 0 Å². The van der Waals surface area contributed by atoms with Crippen LogP contribution in [0.2, 0.25) is 0 Å². The highest BCUT2D eigenvalue weighted by Crippen LogP contribution is 2.17. The molecule has 0 radical (unpaired) electrons. The number of rotatable bonds is 5.